The molecule has 3 N–H and O–H groups in total. The SMILES string of the molecule is Cc1ccc(NC(=O)[C@@H](N)Cc2ccccc2)cc1OCC1CCOCC1. The number of carbonyl (C=O) groups is 1. The van der Waals surface area contributed by atoms with Crippen LogP contribution in [0.15, 0.2) is 48.5 Å². The van der Waals surface area contributed by atoms with Gasteiger partial charge in [0, 0.05) is 25.0 Å². The number of aryl methyl sites for hydroxylation is 1. The Labute approximate surface area is 160 Å². The first kappa shape index (κ1) is 19.4. The molecule has 1 saturated heterocycles. The molecule has 27 heavy (non-hydrogen) atoms. The van der Waals surface area contributed by atoms with Crippen LogP contribution >= 0.6 is 0 Å². The predicted molar refractivity (Wildman–Crippen MR) is 107 cm³/mol. The van der Waals surface area contributed by atoms with Gasteiger partial charge in [-0.25, -0.2) is 0 Å². The van der Waals surface area contributed by atoms with E-state index in [9.17, 15) is 4.79 Å². The molecular formula is C22H28N2O3. The number of carbonyl (C=O) groups excluding carboxylic acids is 1. The van der Waals surface area contributed by atoms with Gasteiger partial charge < -0.3 is 20.5 Å². The van der Waals surface area contributed by atoms with E-state index in [4.69, 9.17) is 15.2 Å². The van der Waals surface area contributed by atoms with Crippen molar-refractivity contribution in [3.63, 3.8) is 0 Å². The summed E-state index contributed by atoms with van der Waals surface area (Å²) >= 11 is 0. The van der Waals surface area contributed by atoms with E-state index in [0.717, 1.165) is 42.9 Å². The highest BCUT2D eigenvalue weighted by molar-refractivity contribution is 5.95. The molecule has 0 saturated carbocycles. The quantitative estimate of drug-likeness (QED) is 0.786. The van der Waals surface area contributed by atoms with Crippen LogP contribution in [0, 0.1) is 12.8 Å². The van der Waals surface area contributed by atoms with Gasteiger partial charge in [0.25, 0.3) is 0 Å². The summed E-state index contributed by atoms with van der Waals surface area (Å²) in [6.45, 7) is 4.30. The van der Waals surface area contributed by atoms with Crippen molar-refractivity contribution in [1.29, 1.82) is 0 Å². The number of anilines is 1. The van der Waals surface area contributed by atoms with Gasteiger partial charge in [0.15, 0.2) is 0 Å². The fourth-order valence-corrected chi connectivity index (χ4v) is 3.15. The van der Waals surface area contributed by atoms with E-state index in [1.54, 1.807) is 0 Å². The molecule has 3 rings (SSSR count). The summed E-state index contributed by atoms with van der Waals surface area (Å²) in [6.07, 6.45) is 2.57. The van der Waals surface area contributed by atoms with Crippen molar-refractivity contribution in [3.05, 3.63) is 59.7 Å². The van der Waals surface area contributed by atoms with Crippen LogP contribution in [0.3, 0.4) is 0 Å². The van der Waals surface area contributed by atoms with Gasteiger partial charge in [0.05, 0.1) is 12.6 Å². The summed E-state index contributed by atoms with van der Waals surface area (Å²) in [5.74, 6) is 1.13. The standard InChI is InChI=1S/C22H28N2O3/c1-16-7-8-19(14-21(16)27-15-18-9-11-26-12-10-18)24-22(25)20(23)13-17-5-3-2-4-6-17/h2-8,14,18,20H,9-13,15,23H2,1H3,(H,24,25)/t20-/m0/s1. The van der Waals surface area contributed by atoms with Gasteiger partial charge in [-0.15, -0.1) is 0 Å². The molecule has 1 fully saturated rings. The maximum atomic E-state index is 12.4. The fourth-order valence-electron chi connectivity index (χ4n) is 3.15. The van der Waals surface area contributed by atoms with Gasteiger partial charge in [-0.1, -0.05) is 36.4 Å². The number of amides is 1. The Balaban J connectivity index is 1.56. The molecule has 0 bridgehead atoms. The third kappa shape index (κ3) is 5.81. The molecule has 1 aliphatic heterocycles. The summed E-state index contributed by atoms with van der Waals surface area (Å²) in [6, 6.07) is 14.9. The van der Waals surface area contributed by atoms with Crippen LogP contribution in [0.2, 0.25) is 0 Å². The molecule has 2 aromatic rings. The number of nitrogens with two attached hydrogens (primary N) is 1. The second-order valence-electron chi connectivity index (χ2n) is 7.13. The number of benzene rings is 2. The number of hydrogen-bond donors (Lipinski definition) is 2. The van der Waals surface area contributed by atoms with Crippen molar-refractivity contribution in [3.8, 4) is 5.75 Å². The Morgan fingerprint density at radius 2 is 1.96 bits per heavy atom. The van der Waals surface area contributed by atoms with Crippen molar-refractivity contribution in [2.24, 2.45) is 11.7 Å². The van der Waals surface area contributed by atoms with Crippen LogP contribution < -0.4 is 15.8 Å². The van der Waals surface area contributed by atoms with Crippen LogP contribution in [0.4, 0.5) is 5.69 Å². The van der Waals surface area contributed by atoms with Gasteiger partial charge >= 0.3 is 0 Å². The second kappa shape index (κ2) is 9.53. The molecule has 0 radical (unpaired) electrons. The van der Waals surface area contributed by atoms with Crippen LogP contribution in [-0.2, 0) is 16.0 Å². The number of hydrogen-bond acceptors (Lipinski definition) is 4. The molecule has 0 aromatic heterocycles. The summed E-state index contributed by atoms with van der Waals surface area (Å²) < 4.78 is 11.4. The second-order valence-corrected chi connectivity index (χ2v) is 7.13. The molecule has 1 aliphatic rings. The predicted octanol–water partition coefficient (Wildman–Crippen LogP) is 3.31. The van der Waals surface area contributed by atoms with Gasteiger partial charge in [0.2, 0.25) is 5.91 Å². The molecule has 5 heteroatoms. The van der Waals surface area contributed by atoms with Crippen molar-refractivity contribution >= 4 is 11.6 Å². The number of nitrogens with one attached hydrogen (secondary N) is 1. The highest BCUT2D eigenvalue weighted by Gasteiger charge is 2.17. The van der Waals surface area contributed by atoms with Gasteiger partial charge in [-0.3, -0.25) is 4.79 Å². The lowest BCUT2D eigenvalue weighted by atomic mass is 10.0. The van der Waals surface area contributed by atoms with E-state index in [1.807, 2.05) is 55.5 Å². The Morgan fingerprint density at radius 3 is 2.70 bits per heavy atom. The van der Waals surface area contributed by atoms with Crippen molar-refractivity contribution in [2.45, 2.75) is 32.2 Å². The molecule has 2 aromatic carbocycles. The molecule has 0 aliphatic carbocycles. The van der Waals surface area contributed by atoms with E-state index in [1.165, 1.54) is 0 Å². The van der Waals surface area contributed by atoms with Crippen LogP contribution in [0.25, 0.3) is 0 Å². The van der Waals surface area contributed by atoms with Gasteiger partial charge in [-0.2, -0.15) is 0 Å². The van der Waals surface area contributed by atoms with Crippen molar-refractivity contribution in [2.75, 3.05) is 25.1 Å². The fraction of sp³-hybridized carbons (Fsp3) is 0.409. The third-order valence-corrected chi connectivity index (χ3v) is 4.91. The van der Waals surface area contributed by atoms with Gasteiger partial charge in [-0.05, 0) is 49.3 Å². The Kier molecular flexibility index (Phi) is 6.85. The largest absolute Gasteiger partial charge is 0.493 e. The zero-order chi connectivity index (χ0) is 19.1. The van der Waals surface area contributed by atoms with Crippen LogP contribution in [0.5, 0.6) is 5.75 Å². The average molecular weight is 368 g/mol. The molecule has 1 heterocycles. The Hall–Kier alpha value is -2.37. The smallest absolute Gasteiger partial charge is 0.241 e. The minimum atomic E-state index is -0.597. The van der Waals surface area contributed by atoms with E-state index in [2.05, 4.69) is 5.32 Å². The van der Waals surface area contributed by atoms with Gasteiger partial charge in [0.1, 0.15) is 5.75 Å². The zero-order valence-electron chi connectivity index (χ0n) is 15.8. The van der Waals surface area contributed by atoms with Crippen molar-refractivity contribution < 1.29 is 14.3 Å². The maximum Gasteiger partial charge on any atom is 0.241 e. The van der Waals surface area contributed by atoms with Crippen LogP contribution in [-0.4, -0.2) is 31.8 Å². The minimum Gasteiger partial charge on any atom is -0.493 e. The molecule has 144 valence electrons. The summed E-state index contributed by atoms with van der Waals surface area (Å²) in [7, 11) is 0. The van der Waals surface area contributed by atoms with E-state index in [0.29, 0.717) is 24.6 Å². The first-order chi connectivity index (χ1) is 13.1. The minimum absolute atomic E-state index is 0.196. The number of ether oxygens (including phenoxy) is 2. The highest BCUT2D eigenvalue weighted by Crippen LogP contribution is 2.25. The van der Waals surface area contributed by atoms with Crippen LogP contribution in [0.1, 0.15) is 24.0 Å². The summed E-state index contributed by atoms with van der Waals surface area (Å²) in [5, 5.41) is 2.90. The van der Waals surface area contributed by atoms with E-state index < -0.39 is 6.04 Å². The highest BCUT2D eigenvalue weighted by atomic mass is 16.5. The van der Waals surface area contributed by atoms with E-state index in [-0.39, 0.29) is 5.91 Å². The summed E-state index contributed by atoms with van der Waals surface area (Å²) in [4.78, 5) is 12.4. The lowest BCUT2D eigenvalue weighted by Gasteiger charge is -2.22. The Bertz CT molecular complexity index is 742. The lowest BCUT2D eigenvalue weighted by Crippen LogP contribution is -2.37. The van der Waals surface area contributed by atoms with E-state index >= 15 is 0 Å². The monoisotopic (exact) mass is 368 g/mol. The molecule has 0 unspecified atom stereocenters. The summed E-state index contributed by atoms with van der Waals surface area (Å²) in [5.41, 5.74) is 8.87. The zero-order valence-corrected chi connectivity index (χ0v) is 15.8. The molecule has 1 atom stereocenters. The normalized spacial score (nSPS) is 15.9. The molecular weight excluding hydrogens is 340 g/mol. The van der Waals surface area contributed by atoms with Crippen molar-refractivity contribution in [1.82, 2.24) is 0 Å². The first-order valence-electron chi connectivity index (χ1n) is 9.53. The molecule has 1 amide bonds. The maximum absolute atomic E-state index is 12.4. The lowest BCUT2D eigenvalue weighted by molar-refractivity contribution is -0.117. The Morgan fingerprint density at radius 1 is 1.22 bits per heavy atom. The third-order valence-electron chi connectivity index (χ3n) is 4.91. The number of rotatable bonds is 7. The molecule has 5 nitrogen and oxygen atoms in total. The average Bonchev–Trinajstić information content (AvgIpc) is 2.70. The topological polar surface area (TPSA) is 73.6 Å². The molecule has 0 spiro atoms. The first-order valence-corrected chi connectivity index (χ1v) is 9.53.